The lowest BCUT2D eigenvalue weighted by Crippen LogP contribution is -1.95. The molecule has 0 rings (SSSR count). The average Bonchev–Trinajstić information content (AvgIpc) is 2.31. The van der Waals surface area contributed by atoms with Crippen molar-refractivity contribution >= 4 is 0 Å². The summed E-state index contributed by atoms with van der Waals surface area (Å²) < 4.78 is 0. The summed E-state index contributed by atoms with van der Waals surface area (Å²) in [6.07, 6.45) is 2.50. The molecule has 0 heterocycles. The van der Waals surface area contributed by atoms with Crippen molar-refractivity contribution < 1.29 is 0 Å². The molecule has 0 aliphatic rings. The summed E-state index contributed by atoms with van der Waals surface area (Å²) in [5, 5.41) is 0. The lowest BCUT2D eigenvalue weighted by atomic mass is 10.0. The van der Waals surface area contributed by atoms with Gasteiger partial charge in [0.1, 0.15) is 0 Å². The molecule has 0 aromatic rings. The van der Waals surface area contributed by atoms with Crippen LogP contribution in [0.1, 0.15) is 124 Å². The van der Waals surface area contributed by atoms with Gasteiger partial charge in [-0.25, -0.2) is 0 Å². The SMILES string of the molecule is CC.CC(C)C.CC(C)C.CC(C)C(C)C.CCC.CCC. The Morgan fingerprint density at radius 2 is 0.455 bits per heavy atom. The maximum Gasteiger partial charge on any atom is -0.0448 e. The molecule has 0 radical (unpaired) electrons. The van der Waals surface area contributed by atoms with E-state index in [1.165, 1.54) is 12.8 Å². The Kier molecular flexibility index (Phi) is 73.8. The van der Waals surface area contributed by atoms with Crippen molar-refractivity contribution in [1.82, 2.24) is 0 Å². The lowest BCUT2D eigenvalue weighted by Gasteiger charge is -2.05. The van der Waals surface area contributed by atoms with Gasteiger partial charge in [0, 0.05) is 0 Å². The normalized spacial score (nSPS) is 8.18. The minimum absolute atomic E-state index is 0.833. The van der Waals surface area contributed by atoms with Gasteiger partial charge >= 0.3 is 0 Å². The molecule has 0 bridgehead atoms. The van der Waals surface area contributed by atoms with Crippen molar-refractivity contribution in [2.45, 2.75) is 124 Å². The molecule has 0 unspecified atom stereocenters. The summed E-state index contributed by atoms with van der Waals surface area (Å²) in [4.78, 5) is 0. The van der Waals surface area contributed by atoms with Crippen LogP contribution in [-0.2, 0) is 0 Å². The molecular formula is C22H56. The quantitative estimate of drug-likeness (QED) is 0.451. The van der Waals surface area contributed by atoms with Crippen LogP contribution in [0.2, 0.25) is 0 Å². The second kappa shape index (κ2) is 42.9. The fourth-order valence-corrected chi connectivity index (χ4v) is 0. The highest BCUT2D eigenvalue weighted by Gasteiger charge is 1.95. The Hall–Kier alpha value is 0. The van der Waals surface area contributed by atoms with Crippen LogP contribution in [0.25, 0.3) is 0 Å². The van der Waals surface area contributed by atoms with Crippen LogP contribution in [-0.4, -0.2) is 0 Å². The van der Waals surface area contributed by atoms with Crippen molar-refractivity contribution in [1.29, 1.82) is 0 Å². The Balaban J connectivity index is -0.0000000363. The first-order valence-corrected chi connectivity index (χ1v) is 9.94. The molecule has 0 aliphatic carbocycles. The molecule has 0 saturated carbocycles. The standard InChI is InChI=1S/C6H14.2C4H10.2C3H8.C2H6/c1-5(2)6(3)4;2*1-4(2)3;2*1-3-2;1-2/h5-6H,1-4H3;2*4H,1-3H3;2*3H2,1-2H3;1-2H3. The van der Waals surface area contributed by atoms with Crippen LogP contribution in [0.3, 0.4) is 0 Å². The molecule has 0 amide bonds. The van der Waals surface area contributed by atoms with Crippen LogP contribution in [0.15, 0.2) is 0 Å². The van der Waals surface area contributed by atoms with Crippen LogP contribution >= 0.6 is 0 Å². The molecule has 0 heteroatoms. The third kappa shape index (κ3) is 451. The van der Waals surface area contributed by atoms with E-state index in [0.29, 0.717) is 0 Å². The van der Waals surface area contributed by atoms with Gasteiger partial charge in [-0.05, 0) is 23.7 Å². The second-order valence-corrected chi connectivity index (χ2v) is 7.37. The van der Waals surface area contributed by atoms with Gasteiger partial charge < -0.3 is 0 Å². The van der Waals surface area contributed by atoms with Crippen LogP contribution in [0, 0.1) is 23.7 Å². The van der Waals surface area contributed by atoms with Crippen molar-refractivity contribution in [3.63, 3.8) is 0 Å². The minimum atomic E-state index is 0.833. The number of hydrogen-bond donors (Lipinski definition) is 0. The van der Waals surface area contributed by atoms with Gasteiger partial charge in [-0.3, -0.25) is 0 Å². The third-order valence-corrected chi connectivity index (χ3v) is 1.33. The Morgan fingerprint density at radius 1 is 0.409 bits per heavy atom. The van der Waals surface area contributed by atoms with Gasteiger partial charge in [0.2, 0.25) is 0 Å². The van der Waals surface area contributed by atoms with E-state index in [1.807, 2.05) is 13.8 Å². The summed E-state index contributed by atoms with van der Waals surface area (Å²) in [5.41, 5.74) is 0. The van der Waals surface area contributed by atoms with E-state index in [-0.39, 0.29) is 0 Å². The summed E-state index contributed by atoms with van der Waals surface area (Å²) in [5.74, 6) is 3.37. The molecular weight excluding hydrogens is 264 g/mol. The molecule has 0 aliphatic heterocycles. The fraction of sp³-hybridized carbons (Fsp3) is 1.00. The predicted octanol–water partition coefficient (Wildman–Crippen LogP) is 9.48. The smallest absolute Gasteiger partial charge is 0.0448 e. The molecule has 0 atom stereocenters. The molecule has 0 N–H and O–H groups in total. The first kappa shape index (κ1) is 37.9. The van der Waals surface area contributed by atoms with Crippen LogP contribution in [0.4, 0.5) is 0 Å². The zero-order chi connectivity index (χ0) is 19.7. The first-order chi connectivity index (χ1) is 9.94. The van der Waals surface area contributed by atoms with E-state index in [2.05, 4.69) is 96.9 Å². The minimum Gasteiger partial charge on any atom is -0.0683 e. The van der Waals surface area contributed by atoms with E-state index >= 15 is 0 Å². The Bertz CT molecular complexity index is 79.1. The van der Waals surface area contributed by atoms with Crippen molar-refractivity contribution in [3.05, 3.63) is 0 Å². The molecule has 0 saturated heterocycles. The first-order valence-electron chi connectivity index (χ1n) is 9.94. The van der Waals surface area contributed by atoms with Crippen LogP contribution in [0.5, 0.6) is 0 Å². The topological polar surface area (TPSA) is 0 Å². The Labute approximate surface area is 147 Å². The maximum absolute atomic E-state index is 2.24. The maximum atomic E-state index is 2.24. The molecule has 22 heavy (non-hydrogen) atoms. The summed E-state index contributed by atoms with van der Waals surface area (Å²) >= 11 is 0. The van der Waals surface area contributed by atoms with Gasteiger partial charge in [0.15, 0.2) is 0 Å². The zero-order valence-electron chi connectivity index (χ0n) is 19.7. The highest BCUT2D eigenvalue weighted by Crippen LogP contribution is 2.05. The summed E-state index contributed by atoms with van der Waals surface area (Å²) in [7, 11) is 0. The molecule has 144 valence electrons. The van der Waals surface area contributed by atoms with E-state index in [1.54, 1.807) is 0 Å². The second-order valence-electron chi connectivity index (χ2n) is 7.37. The van der Waals surface area contributed by atoms with Crippen molar-refractivity contribution in [3.8, 4) is 0 Å². The Morgan fingerprint density at radius 3 is 0.455 bits per heavy atom. The number of hydrogen-bond acceptors (Lipinski definition) is 0. The number of rotatable bonds is 1. The van der Waals surface area contributed by atoms with E-state index in [0.717, 1.165) is 23.7 Å². The van der Waals surface area contributed by atoms with Gasteiger partial charge in [-0.1, -0.05) is 124 Å². The third-order valence-electron chi connectivity index (χ3n) is 1.33. The van der Waals surface area contributed by atoms with Crippen molar-refractivity contribution in [2.75, 3.05) is 0 Å². The molecule has 0 nitrogen and oxygen atoms in total. The predicted molar refractivity (Wildman–Crippen MR) is 114 cm³/mol. The van der Waals surface area contributed by atoms with Crippen molar-refractivity contribution in [2.24, 2.45) is 23.7 Å². The molecule has 0 aromatic carbocycles. The van der Waals surface area contributed by atoms with Crippen LogP contribution < -0.4 is 0 Å². The van der Waals surface area contributed by atoms with E-state index in [9.17, 15) is 0 Å². The largest absolute Gasteiger partial charge is 0.0683 e. The summed E-state index contributed by atoms with van der Waals surface area (Å²) in [6, 6.07) is 0. The van der Waals surface area contributed by atoms with Gasteiger partial charge in [0.05, 0.1) is 0 Å². The fourth-order valence-electron chi connectivity index (χ4n) is 0. The zero-order valence-corrected chi connectivity index (χ0v) is 19.7. The van der Waals surface area contributed by atoms with E-state index in [4.69, 9.17) is 0 Å². The van der Waals surface area contributed by atoms with Gasteiger partial charge in [0.25, 0.3) is 0 Å². The molecule has 0 aromatic heterocycles. The average molecular weight is 321 g/mol. The molecule has 0 fully saturated rings. The van der Waals surface area contributed by atoms with Gasteiger partial charge in [-0.15, -0.1) is 0 Å². The summed E-state index contributed by atoms with van der Waals surface area (Å²) in [6.45, 7) is 34.5. The highest BCUT2D eigenvalue weighted by atomic mass is 14.0. The lowest BCUT2D eigenvalue weighted by molar-refractivity contribution is 0.457. The highest BCUT2D eigenvalue weighted by molar-refractivity contribution is 4.46. The monoisotopic (exact) mass is 320 g/mol. The van der Waals surface area contributed by atoms with E-state index < -0.39 is 0 Å². The molecule has 0 spiro atoms. The van der Waals surface area contributed by atoms with Gasteiger partial charge in [-0.2, -0.15) is 0 Å².